The number of alkyl halides is 1. The smallest absolute Gasteiger partial charge is 0.251 e. The van der Waals surface area contributed by atoms with Crippen LogP contribution in [0.3, 0.4) is 0 Å². The van der Waals surface area contributed by atoms with Crippen molar-refractivity contribution in [2.24, 2.45) is 11.8 Å². The molecule has 1 fully saturated rings. The number of rotatable bonds is 5. The first-order valence-electron chi connectivity index (χ1n) is 6.87. The molecular weight excluding hydrogens is 278 g/mol. The van der Waals surface area contributed by atoms with Gasteiger partial charge in [-0.3, -0.25) is 4.79 Å². The molecular formula is C15H20ClNO3. The van der Waals surface area contributed by atoms with Crippen molar-refractivity contribution in [3.63, 3.8) is 0 Å². The van der Waals surface area contributed by atoms with E-state index in [2.05, 4.69) is 5.32 Å². The number of hydrogen-bond donors (Lipinski definition) is 2. The topological polar surface area (TPSA) is 58.6 Å². The maximum atomic E-state index is 12.1. The third kappa shape index (κ3) is 3.37. The Balaban J connectivity index is 1.93. The zero-order valence-corrected chi connectivity index (χ0v) is 12.3. The van der Waals surface area contributed by atoms with Gasteiger partial charge in [-0.15, -0.1) is 11.6 Å². The van der Waals surface area contributed by atoms with E-state index in [1.165, 1.54) is 19.6 Å². The number of aromatic hydroxyl groups is 1. The minimum Gasteiger partial charge on any atom is -0.504 e. The van der Waals surface area contributed by atoms with Gasteiger partial charge in [0.1, 0.15) is 0 Å². The van der Waals surface area contributed by atoms with Crippen LogP contribution in [0.25, 0.3) is 0 Å². The minimum atomic E-state index is -0.178. The largest absolute Gasteiger partial charge is 0.504 e. The van der Waals surface area contributed by atoms with Crippen LogP contribution in [0.2, 0.25) is 0 Å². The summed E-state index contributed by atoms with van der Waals surface area (Å²) in [4.78, 5) is 12.1. The summed E-state index contributed by atoms with van der Waals surface area (Å²) >= 11 is 5.93. The summed E-state index contributed by atoms with van der Waals surface area (Å²) in [5.74, 6) is 1.77. The Morgan fingerprint density at radius 3 is 2.85 bits per heavy atom. The number of phenolic OH excluding ortho intramolecular Hbond substituents is 1. The van der Waals surface area contributed by atoms with Gasteiger partial charge in [0.05, 0.1) is 7.11 Å². The number of nitrogens with one attached hydrogen (secondary N) is 1. The Labute approximate surface area is 124 Å². The predicted molar refractivity (Wildman–Crippen MR) is 78.5 cm³/mol. The molecule has 0 aromatic heterocycles. The van der Waals surface area contributed by atoms with Crippen LogP contribution in [0.15, 0.2) is 18.2 Å². The standard InChI is InChI=1S/C15H20ClNO3/c1-20-14-6-5-10(7-13(14)18)15(19)17-9-12-4-2-3-11(12)8-16/h5-7,11-12,18H,2-4,8-9H2,1H3,(H,17,19). The van der Waals surface area contributed by atoms with E-state index in [0.717, 1.165) is 12.8 Å². The second kappa shape index (κ2) is 6.84. The lowest BCUT2D eigenvalue weighted by Gasteiger charge is -2.17. The number of carbonyl (C=O) groups is 1. The second-order valence-electron chi connectivity index (χ2n) is 5.20. The van der Waals surface area contributed by atoms with E-state index in [0.29, 0.717) is 35.6 Å². The number of benzene rings is 1. The molecule has 1 saturated carbocycles. The number of ether oxygens (including phenoxy) is 1. The lowest BCUT2D eigenvalue weighted by molar-refractivity contribution is 0.0944. The molecule has 0 saturated heterocycles. The third-order valence-electron chi connectivity index (χ3n) is 3.98. The zero-order chi connectivity index (χ0) is 14.5. The fraction of sp³-hybridized carbons (Fsp3) is 0.533. The Bertz CT molecular complexity index is 478. The van der Waals surface area contributed by atoms with E-state index in [1.807, 2.05) is 0 Å². The van der Waals surface area contributed by atoms with Gasteiger partial charge >= 0.3 is 0 Å². The van der Waals surface area contributed by atoms with Crippen LogP contribution in [0.5, 0.6) is 11.5 Å². The Hall–Kier alpha value is -1.42. The van der Waals surface area contributed by atoms with Gasteiger partial charge < -0.3 is 15.2 Å². The van der Waals surface area contributed by atoms with Crippen molar-refractivity contribution in [1.82, 2.24) is 5.32 Å². The molecule has 1 amide bonds. The van der Waals surface area contributed by atoms with Crippen molar-refractivity contribution in [2.75, 3.05) is 19.5 Å². The van der Waals surface area contributed by atoms with Crippen LogP contribution >= 0.6 is 11.6 Å². The van der Waals surface area contributed by atoms with Gasteiger partial charge in [0.15, 0.2) is 11.5 Å². The van der Waals surface area contributed by atoms with Crippen molar-refractivity contribution >= 4 is 17.5 Å². The van der Waals surface area contributed by atoms with Crippen LogP contribution in [0, 0.1) is 11.8 Å². The predicted octanol–water partition coefficient (Wildman–Crippen LogP) is 2.79. The minimum absolute atomic E-state index is 0.0281. The molecule has 2 N–H and O–H groups in total. The summed E-state index contributed by atoms with van der Waals surface area (Å²) in [6.07, 6.45) is 3.44. The monoisotopic (exact) mass is 297 g/mol. The molecule has 0 spiro atoms. The van der Waals surface area contributed by atoms with Crippen molar-refractivity contribution < 1.29 is 14.6 Å². The van der Waals surface area contributed by atoms with Crippen molar-refractivity contribution in [3.8, 4) is 11.5 Å². The van der Waals surface area contributed by atoms with Gasteiger partial charge in [-0.25, -0.2) is 0 Å². The number of hydrogen-bond acceptors (Lipinski definition) is 3. The van der Waals surface area contributed by atoms with E-state index in [4.69, 9.17) is 16.3 Å². The maximum absolute atomic E-state index is 12.1. The second-order valence-corrected chi connectivity index (χ2v) is 5.51. The van der Waals surface area contributed by atoms with Crippen LogP contribution in [0.4, 0.5) is 0 Å². The summed E-state index contributed by atoms with van der Waals surface area (Å²) < 4.78 is 4.95. The van der Waals surface area contributed by atoms with E-state index >= 15 is 0 Å². The molecule has 1 aromatic rings. The number of halogens is 1. The SMILES string of the molecule is COc1ccc(C(=O)NCC2CCCC2CCl)cc1O. The average Bonchev–Trinajstić information content (AvgIpc) is 2.92. The van der Waals surface area contributed by atoms with Crippen LogP contribution < -0.4 is 10.1 Å². The summed E-state index contributed by atoms with van der Waals surface area (Å²) in [7, 11) is 1.47. The normalized spacial score (nSPS) is 21.7. The summed E-state index contributed by atoms with van der Waals surface area (Å²) in [5, 5.41) is 12.6. The molecule has 0 heterocycles. The fourth-order valence-electron chi connectivity index (χ4n) is 2.74. The van der Waals surface area contributed by atoms with Crippen molar-refractivity contribution in [1.29, 1.82) is 0 Å². The molecule has 2 unspecified atom stereocenters. The van der Waals surface area contributed by atoms with Crippen LogP contribution in [0.1, 0.15) is 29.6 Å². The van der Waals surface area contributed by atoms with Gasteiger partial charge in [0, 0.05) is 18.0 Å². The molecule has 1 aliphatic rings. The zero-order valence-electron chi connectivity index (χ0n) is 11.6. The Kier molecular flexibility index (Phi) is 5.12. The third-order valence-corrected chi connectivity index (χ3v) is 4.38. The van der Waals surface area contributed by atoms with E-state index in [-0.39, 0.29) is 11.7 Å². The number of amides is 1. The molecule has 0 aliphatic heterocycles. The maximum Gasteiger partial charge on any atom is 0.251 e. The first-order chi connectivity index (χ1) is 9.65. The molecule has 20 heavy (non-hydrogen) atoms. The summed E-state index contributed by atoms with van der Waals surface area (Å²) in [5.41, 5.74) is 0.434. The number of carbonyl (C=O) groups excluding carboxylic acids is 1. The molecule has 2 rings (SSSR count). The first kappa shape index (κ1) is 15.0. The van der Waals surface area contributed by atoms with E-state index in [1.54, 1.807) is 12.1 Å². The number of methoxy groups -OCH3 is 1. The van der Waals surface area contributed by atoms with E-state index in [9.17, 15) is 9.90 Å². The summed E-state index contributed by atoms with van der Waals surface area (Å²) in [6, 6.07) is 4.64. The number of phenols is 1. The van der Waals surface area contributed by atoms with Gasteiger partial charge in [0.25, 0.3) is 5.91 Å². The first-order valence-corrected chi connectivity index (χ1v) is 7.40. The van der Waals surface area contributed by atoms with E-state index < -0.39 is 0 Å². The average molecular weight is 298 g/mol. The van der Waals surface area contributed by atoms with Crippen molar-refractivity contribution in [3.05, 3.63) is 23.8 Å². The highest BCUT2D eigenvalue weighted by molar-refractivity contribution is 6.18. The molecule has 110 valence electrons. The van der Waals surface area contributed by atoms with Gasteiger partial charge in [0.2, 0.25) is 0 Å². The molecule has 0 bridgehead atoms. The Morgan fingerprint density at radius 2 is 2.20 bits per heavy atom. The van der Waals surface area contributed by atoms with Crippen LogP contribution in [-0.2, 0) is 0 Å². The molecule has 1 aliphatic carbocycles. The van der Waals surface area contributed by atoms with Crippen molar-refractivity contribution in [2.45, 2.75) is 19.3 Å². The highest BCUT2D eigenvalue weighted by Gasteiger charge is 2.26. The van der Waals surface area contributed by atoms with Crippen LogP contribution in [-0.4, -0.2) is 30.5 Å². The highest BCUT2D eigenvalue weighted by Crippen LogP contribution is 2.32. The fourth-order valence-corrected chi connectivity index (χ4v) is 3.15. The molecule has 5 heteroatoms. The molecule has 2 atom stereocenters. The molecule has 1 aromatic carbocycles. The van der Waals surface area contributed by atoms with Gasteiger partial charge in [-0.2, -0.15) is 0 Å². The lowest BCUT2D eigenvalue weighted by atomic mass is 9.98. The molecule has 0 radical (unpaired) electrons. The quantitative estimate of drug-likeness (QED) is 0.822. The molecule has 4 nitrogen and oxygen atoms in total. The Morgan fingerprint density at radius 1 is 1.45 bits per heavy atom. The van der Waals surface area contributed by atoms with Gasteiger partial charge in [-0.1, -0.05) is 6.42 Å². The van der Waals surface area contributed by atoms with Gasteiger partial charge in [-0.05, 0) is 42.9 Å². The lowest BCUT2D eigenvalue weighted by Crippen LogP contribution is -2.31. The summed E-state index contributed by atoms with van der Waals surface area (Å²) in [6.45, 7) is 0.642. The highest BCUT2D eigenvalue weighted by atomic mass is 35.5.